The second kappa shape index (κ2) is 22.9. The van der Waals surface area contributed by atoms with Crippen LogP contribution >= 0.6 is 0 Å². The molecule has 0 aromatic rings. The molecule has 0 spiro atoms. The third kappa shape index (κ3) is 46.3. The van der Waals surface area contributed by atoms with Crippen molar-refractivity contribution < 1.29 is 19.8 Å². The van der Waals surface area contributed by atoms with E-state index >= 15 is 0 Å². The molecule has 19 heavy (non-hydrogen) atoms. The van der Waals surface area contributed by atoms with Gasteiger partial charge in [0.2, 0.25) is 0 Å². The summed E-state index contributed by atoms with van der Waals surface area (Å²) in [4.78, 5) is 18.7. The fraction of sp³-hybridized carbons (Fsp3) is 0.857. The molecule has 0 saturated heterocycles. The molecule has 0 fully saturated rings. The normalized spacial score (nSPS) is 8.63. The third-order valence-electron chi connectivity index (χ3n) is 2.02. The molecule has 0 heterocycles. The Morgan fingerprint density at radius 2 is 1.05 bits per heavy atom. The fourth-order valence-corrected chi connectivity index (χ4v) is 4.89. The van der Waals surface area contributed by atoms with E-state index in [0.29, 0.717) is 0 Å². The van der Waals surface area contributed by atoms with Gasteiger partial charge in [-0.1, -0.05) is 13.8 Å². The van der Waals surface area contributed by atoms with E-state index in [1.807, 2.05) is 0 Å². The minimum absolute atomic E-state index is 0.149. The van der Waals surface area contributed by atoms with Crippen molar-refractivity contribution in [3.8, 4) is 0 Å². The first-order chi connectivity index (χ1) is 8.95. The van der Waals surface area contributed by atoms with E-state index in [4.69, 9.17) is 10.2 Å². The van der Waals surface area contributed by atoms with Crippen molar-refractivity contribution >= 4 is 33.1 Å². The van der Waals surface area contributed by atoms with E-state index in [9.17, 15) is 9.59 Å². The van der Waals surface area contributed by atoms with Gasteiger partial charge in [-0.2, -0.15) is 0 Å². The van der Waals surface area contributed by atoms with Crippen molar-refractivity contribution in [1.82, 2.24) is 0 Å². The van der Waals surface area contributed by atoms with Gasteiger partial charge in [0.1, 0.15) is 0 Å². The maximum atomic E-state index is 9.37. The van der Waals surface area contributed by atoms with Crippen LogP contribution in [0.4, 0.5) is 0 Å². The summed E-state index contributed by atoms with van der Waals surface area (Å²) >= 11 is 0.149. The van der Waals surface area contributed by atoms with Gasteiger partial charge < -0.3 is 10.2 Å². The Kier molecular flexibility index (Phi) is 28.7. The molecule has 0 aromatic carbocycles. The van der Waals surface area contributed by atoms with Gasteiger partial charge in [-0.15, -0.1) is 0 Å². The van der Waals surface area contributed by atoms with Crippen LogP contribution in [-0.2, 0) is 9.59 Å². The summed E-state index contributed by atoms with van der Waals surface area (Å²) in [5.41, 5.74) is 0. The Hall–Kier alpha value is -0.261. The summed E-state index contributed by atoms with van der Waals surface area (Å²) in [5, 5.41) is 15.4. The summed E-state index contributed by atoms with van der Waals surface area (Å²) in [6.45, 7) is 7.78. The van der Waals surface area contributed by atoms with E-state index in [0.717, 1.165) is 0 Å². The van der Waals surface area contributed by atoms with Gasteiger partial charge in [0.15, 0.2) is 0 Å². The predicted octanol–water partition coefficient (Wildman–Crippen LogP) is 4.09. The summed E-state index contributed by atoms with van der Waals surface area (Å²) in [6.07, 6.45) is 6.28. The monoisotopic (exact) mass is 382 g/mol. The number of carbonyl (C=O) groups is 2. The average molecular weight is 381 g/mol. The quantitative estimate of drug-likeness (QED) is 0.491. The van der Waals surface area contributed by atoms with Crippen LogP contribution in [-0.4, -0.2) is 43.3 Å². The molecule has 0 bridgehead atoms. The molecule has 2 N–H and O–H groups in total. The zero-order valence-electron chi connectivity index (χ0n) is 12.9. The molecule has 0 saturated carbocycles. The van der Waals surface area contributed by atoms with Gasteiger partial charge in [0, 0.05) is 12.8 Å². The molecule has 4 nitrogen and oxygen atoms in total. The number of rotatable bonds is 8. The summed E-state index contributed by atoms with van der Waals surface area (Å²) in [6, 6.07) is 0. The van der Waals surface area contributed by atoms with Crippen LogP contribution in [0.25, 0.3) is 0 Å². The number of aliphatic carboxylic acids is 2. The van der Waals surface area contributed by atoms with Crippen molar-refractivity contribution in [3.63, 3.8) is 0 Å². The van der Waals surface area contributed by atoms with Crippen molar-refractivity contribution in [3.05, 3.63) is 0 Å². The zero-order valence-corrected chi connectivity index (χ0v) is 15.7. The molecule has 0 aliphatic rings. The Balaban J connectivity index is -0.000000219. The summed E-state index contributed by atoms with van der Waals surface area (Å²) < 4.78 is 3.25. The number of unbranched alkanes of at least 4 members (excludes halogenated alkanes) is 2. The van der Waals surface area contributed by atoms with E-state index in [-0.39, 0.29) is 34.0 Å². The van der Waals surface area contributed by atoms with Crippen molar-refractivity contribution in [1.29, 1.82) is 0 Å². The summed E-state index contributed by atoms with van der Waals surface area (Å²) in [5.74, 6) is -1.49. The molecule has 114 valence electrons. The van der Waals surface area contributed by atoms with E-state index in [1.165, 1.54) is 25.7 Å². The average Bonchev–Trinajstić information content (AvgIpc) is 2.40. The second-order valence-corrected chi connectivity index (χ2v) is 8.23. The number of carboxylic acid groups (broad SMARTS) is 2. The Bertz CT molecular complexity index is 176. The van der Waals surface area contributed by atoms with Crippen molar-refractivity contribution in [2.75, 3.05) is 0 Å². The Labute approximate surface area is 128 Å². The van der Waals surface area contributed by atoms with Gasteiger partial charge >= 0.3 is 81.5 Å². The van der Waals surface area contributed by atoms with Crippen molar-refractivity contribution in [2.45, 2.75) is 75.1 Å². The van der Waals surface area contributed by atoms with Crippen LogP contribution in [0.3, 0.4) is 0 Å². The first-order valence-corrected chi connectivity index (χ1v) is 11.1. The first kappa shape index (κ1) is 23.8. The first-order valence-electron chi connectivity index (χ1n) is 7.10. The molecule has 0 unspecified atom stereocenters. The molecular weight excluding hydrogens is 351 g/mol. The van der Waals surface area contributed by atoms with Gasteiger partial charge in [-0.3, -0.25) is 9.59 Å². The van der Waals surface area contributed by atoms with Crippen LogP contribution in [0.5, 0.6) is 0 Å². The fourth-order valence-electron chi connectivity index (χ4n) is 0.729. The number of hydrogen-bond donors (Lipinski definition) is 2. The molecule has 0 aromatic heterocycles. The Morgan fingerprint density at radius 3 is 1.21 bits per heavy atom. The maximum absolute atomic E-state index is 9.37. The standard InChI is InChI=1S/2C4H9.2C3H6O2.Sn/c2*1-3-4-2;2*1-2-3(4)5;/h2*1,3-4H2,2H3;2*2H2,1H3,(H,4,5);. The molecule has 0 amide bonds. The molecule has 0 atom stereocenters. The SMILES string of the molecule is CCC(=O)O.CCC(=O)O.CCC[CH2][Sn][CH2]CCC. The predicted molar refractivity (Wildman–Crippen MR) is 81.0 cm³/mol. The van der Waals surface area contributed by atoms with Gasteiger partial charge in [-0.25, -0.2) is 0 Å². The third-order valence-corrected chi connectivity index (χ3v) is 6.06. The van der Waals surface area contributed by atoms with Crippen LogP contribution in [0, 0.1) is 0 Å². The topological polar surface area (TPSA) is 74.6 Å². The van der Waals surface area contributed by atoms with Crippen LogP contribution in [0.2, 0.25) is 8.87 Å². The number of carboxylic acids is 2. The Morgan fingerprint density at radius 1 is 0.789 bits per heavy atom. The molecule has 2 radical (unpaired) electrons. The van der Waals surface area contributed by atoms with E-state index in [1.54, 1.807) is 22.7 Å². The molecule has 0 aliphatic carbocycles. The van der Waals surface area contributed by atoms with Crippen LogP contribution in [0.1, 0.15) is 66.2 Å². The van der Waals surface area contributed by atoms with Gasteiger partial charge in [0.25, 0.3) is 0 Å². The van der Waals surface area contributed by atoms with Crippen LogP contribution in [0.15, 0.2) is 0 Å². The molecular formula is C14H30O4Sn. The van der Waals surface area contributed by atoms with Gasteiger partial charge in [-0.05, 0) is 0 Å². The molecule has 0 aliphatic heterocycles. The minimum atomic E-state index is -0.745. The zero-order chi connectivity index (χ0) is 15.5. The number of hydrogen-bond acceptors (Lipinski definition) is 2. The molecule has 5 heteroatoms. The second-order valence-electron chi connectivity index (χ2n) is 3.95. The summed E-state index contributed by atoms with van der Waals surface area (Å²) in [7, 11) is 0. The molecule has 0 rings (SSSR count). The van der Waals surface area contributed by atoms with Gasteiger partial charge in [0.05, 0.1) is 0 Å². The van der Waals surface area contributed by atoms with E-state index in [2.05, 4.69) is 13.8 Å². The van der Waals surface area contributed by atoms with Crippen LogP contribution < -0.4 is 0 Å². The van der Waals surface area contributed by atoms with Crippen molar-refractivity contribution in [2.24, 2.45) is 0 Å². The van der Waals surface area contributed by atoms with E-state index < -0.39 is 11.9 Å².